The molecule has 2 atom stereocenters. The van der Waals surface area contributed by atoms with E-state index in [9.17, 15) is 4.79 Å². The molecule has 0 aliphatic carbocycles. The summed E-state index contributed by atoms with van der Waals surface area (Å²) in [4.78, 5) is 11.6. The summed E-state index contributed by atoms with van der Waals surface area (Å²) in [6.45, 7) is 4.10. The number of amides is 1. The van der Waals surface area contributed by atoms with Crippen LogP contribution in [0.1, 0.15) is 32.6 Å². The summed E-state index contributed by atoms with van der Waals surface area (Å²) >= 11 is 0. The maximum Gasteiger partial charge on any atom is 0.222 e. The van der Waals surface area contributed by atoms with Gasteiger partial charge in [-0.05, 0) is 32.2 Å². The Bertz CT molecular complexity index is 191. The largest absolute Gasteiger partial charge is 0.376 e. The van der Waals surface area contributed by atoms with Crippen molar-refractivity contribution in [3.05, 3.63) is 0 Å². The second-order valence-electron chi connectivity index (χ2n) is 4.21. The van der Waals surface area contributed by atoms with Crippen molar-refractivity contribution in [1.29, 1.82) is 0 Å². The minimum absolute atomic E-state index is 0.0648. The van der Waals surface area contributed by atoms with E-state index < -0.39 is 0 Å². The van der Waals surface area contributed by atoms with Crippen LogP contribution in [-0.2, 0) is 9.53 Å². The van der Waals surface area contributed by atoms with E-state index in [0.717, 1.165) is 32.3 Å². The zero-order valence-corrected chi connectivity index (χ0v) is 9.50. The van der Waals surface area contributed by atoms with Crippen molar-refractivity contribution < 1.29 is 9.53 Å². The predicted octanol–water partition coefficient (Wildman–Crippen LogP) is 0.657. The third-order valence-electron chi connectivity index (χ3n) is 2.82. The molecule has 0 saturated carbocycles. The molecule has 4 heteroatoms. The minimum Gasteiger partial charge on any atom is -0.376 e. The number of carbonyl (C=O) groups excluding carboxylic acids is 1. The molecule has 0 aromatic heterocycles. The standard InChI is InChI=1S/C11H22N2O2/c1-9(4-2-6-12)11(14)13-8-10-5-3-7-15-10/h9-10H,2-8,12H2,1H3,(H,13,14). The molecule has 0 radical (unpaired) electrons. The molecule has 0 aromatic rings. The van der Waals surface area contributed by atoms with Crippen LogP contribution in [0.25, 0.3) is 0 Å². The molecule has 4 nitrogen and oxygen atoms in total. The van der Waals surface area contributed by atoms with Gasteiger partial charge in [-0.1, -0.05) is 6.92 Å². The molecular formula is C11H22N2O2. The van der Waals surface area contributed by atoms with Crippen molar-refractivity contribution in [1.82, 2.24) is 5.32 Å². The average molecular weight is 214 g/mol. The van der Waals surface area contributed by atoms with Gasteiger partial charge in [0.05, 0.1) is 6.10 Å². The Hall–Kier alpha value is -0.610. The lowest BCUT2D eigenvalue weighted by Gasteiger charge is -2.14. The molecule has 1 saturated heterocycles. The lowest BCUT2D eigenvalue weighted by molar-refractivity contribution is -0.125. The van der Waals surface area contributed by atoms with Crippen LogP contribution in [-0.4, -0.2) is 31.7 Å². The van der Waals surface area contributed by atoms with Crippen molar-refractivity contribution in [2.75, 3.05) is 19.7 Å². The molecule has 88 valence electrons. The first kappa shape index (κ1) is 12.5. The van der Waals surface area contributed by atoms with Crippen LogP contribution in [0.15, 0.2) is 0 Å². The first-order chi connectivity index (χ1) is 7.24. The van der Waals surface area contributed by atoms with E-state index in [1.54, 1.807) is 0 Å². The second-order valence-corrected chi connectivity index (χ2v) is 4.21. The Morgan fingerprint density at radius 1 is 1.67 bits per heavy atom. The van der Waals surface area contributed by atoms with E-state index >= 15 is 0 Å². The van der Waals surface area contributed by atoms with E-state index in [4.69, 9.17) is 10.5 Å². The van der Waals surface area contributed by atoms with E-state index in [1.165, 1.54) is 0 Å². The van der Waals surface area contributed by atoms with Gasteiger partial charge in [-0.25, -0.2) is 0 Å². The SMILES string of the molecule is CC(CCCN)C(=O)NCC1CCCO1. The number of hydrogen-bond acceptors (Lipinski definition) is 3. The zero-order valence-electron chi connectivity index (χ0n) is 9.50. The van der Waals surface area contributed by atoms with E-state index in [0.29, 0.717) is 13.1 Å². The molecule has 3 N–H and O–H groups in total. The Morgan fingerprint density at radius 2 is 2.47 bits per heavy atom. The molecule has 2 unspecified atom stereocenters. The smallest absolute Gasteiger partial charge is 0.222 e. The van der Waals surface area contributed by atoms with Crippen LogP contribution in [0.4, 0.5) is 0 Å². The molecule has 15 heavy (non-hydrogen) atoms. The summed E-state index contributed by atoms with van der Waals surface area (Å²) in [7, 11) is 0. The summed E-state index contributed by atoms with van der Waals surface area (Å²) in [6.07, 6.45) is 4.19. The highest BCUT2D eigenvalue weighted by Gasteiger charge is 2.18. The van der Waals surface area contributed by atoms with Crippen molar-refractivity contribution in [2.45, 2.75) is 38.7 Å². The third-order valence-corrected chi connectivity index (χ3v) is 2.82. The lowest BCUT2D eigenvalue weighted by Crippen LogP contribution is -2.35. The molecule has 1 fully saturated rings. The van der Waals surface area contributed by atoms with E-state index in [-0.39, 0.29) is 17.9 Å². The number of nitrogens with two attached hydrogens (primary N) is 1. The topological polar surface area (TPSA) is 64.4 Å². The van der Waals surface area contributed by atoms with E-state index in [2.05, 4.69) is 5.32 Å². The summed E-state index contributed by atoms with van der Waals surface area (Å²) in [5.74, 6) is 0.189. The second kappa shape index (κ2) is 6.80. The molecule has 1 amide bonds. The number of nitrogens with one attached hydrogen (secondary N) is 1. The highest BCUT2D eigenvalue weighted by molar-refractivity contribution is 5.78. The van der Waals surface area contributed by atoms with Gasteiger partial charge in [0, 0.05) is 19.1 Å². The number of ether oxygens (including phenoxy) is 1. The van der Waals surface area contributed by atoms with Gasteiger partial charge in [0.25, 0.3) is 0 Å². The van der Waals surface area contributed by atoms with Gasteiger partial charge in [-0.2, -0.15) is 0 Å². The maximum absolute atomic E-state index is 11.6. The van der Waals surface area contributed by atoms with Gasteiger partial charge >= 0.3 is 0 Å². The average Bonchev–Trinajstić information content (AvgIpc) is 2.75. The predicted molar refractivity (Wildman–Crippen MR) is 59.4 cm³/mol. The highest BCUT2D eigenvalue weighted by atomic mass is 16.5. The van der Waals surface area contributed by atoms with Crippen LogP contribution in [0.2, 0.25) is 0 Å². The number of carbonyl (C=O) groups is 1. The Kier molecular flexibility index (Phi) is 5.65. The molecule has 0 aromatic carbocycles. The molecule has 1 aliphatic heterocycles. The van der Waals surface area contributed by atoms with Gasteiger partial charge in [-0.15, -0.1) is 0 Å². The third kappa shape index (κ3) is 4.62. The first-order valence-electron chi connectivity index (χ1n) is 5.83. The summed E-state index contributed by atoms with van der Waals surface area (Å²) < 4.78 is 5.43. The van der Waals surface area contributed by atoms with Crippen LogP contribution >= 0.6 is 0 Å². The normalized spacial score (nSPS) is 22.7. The summed E-state index contributed by atoms with van der Waals surface area (Å²) in [5.41, 5.74) is 5.40. The van der Waals surface area contributed by atoms with Crippen LogP contribution in [0.3, 0.4) is 0 Å². The summed E-state index contributed by atoms with van der Waals surface area (Å²) in [5, 5.41) is 2.93. The fraction of sp³-hybridized carbons (Fsp3) is 0.909. The van der Waals surface area contributed by atoms with Gasteiger partial charge in [0.1, 0.15) is 0 Å². The Morgan fingerprint density at radius 3 is 3.07 bits per heavy atom. The van der Waals surface area contributed by atoms with Crippen LogP contribution in [0, 0.1) is 5.92 Å². The minimum atomic E-state index is 0.0648. The fourth-order valence-electron chi connectivity index (χ4n) is 1.75. The number of hydrogen-bond donors (Lipinski definition) is 2. The highest BCUT2D eigenvalue weighted by Crippen LogP contribution is 2.11. The van der Waals surface area contributed by atoms with Crippen LogP contribution < -0.4 is 11.1 Å². The molecule has 0 spiro atoms. The lowest BCUT2D eigenvalue weighted by atomic mass is 10.0. The Balaban J connectivity index is 2.11. The van der Waals surface area contributed by atoms with Gasteiger partial charge < -0.3 is 15.8 Å². The van der Waals surface area contributed by atoms with Gasteiger partial charge in [0.2, 0.25) is 5.91 Å². The first-order valence-corrected chi connectivity index (χ1v) is 5.83. The molecule has 1 aliphatic rings. The molecule has 0 bridgehead atoms. The summed E-state index contributed by atoms with van der Waals surface area (Å²) in [6, 6.07) is 0. The van der Waals surface area contributed by atoms with Gasteiger partial charge in [-0.3, -0.25) is 4.79 Å². The maximum atomic E-state index is 11.6. The molecule has 1 rings (SSSR count). The molecule has 1 heterocycles. The quantitative estimate of drug-likeness (QED) is 0.682. The van der Waals surface area contributed by atoms with Crippen LogP contribution in [0.5, 0.6) is 0 Å². The number of rotatable bonds is 6. The monoisotopic (exact) mass is 214 g/mol. The zero-order chi connectivity index (χ0) is 11.1. The van der Waals surface area contributed by atoms with Crippen molar-refractivity contribution >= 4 is 5.91 Å². The van der Waals surface area contributed by atoms with Crippen molar-refractivity contribution in [3.63, 3.8) is 0 Å². The molecular weight excluding hydrogens is 192 g/mol. The van der Waals surface area contributed by atoms with E-state index in [1.807, 2.05) is 6.92 Å². The fourth-order valence-corrected chi connectivity index (χ4v) is 1.75. The Labute approximate surface area is 91.5 Å². The van der Waals surface area contributed by atoms with Crippen molar-refractivity contribution in [3.8, 4) is 0 Å². The van der Waals surface area contributed by atoms with Gasteiger partial charge in [0.15, 0.2) is 0 Å². The van der Waals surface area contributed by atoms with Crippen molar-refractivity contribution in [2.24, 2.45) is 11.7 Å².